The van der Waals surface area contributed by atoms with E-state index in [9.17, 15) is 0 Å². The van der Waals surface area contributed by atoms with E-state index < -0.39 is 0 Å². The summed E-state index contributed by atoms with van der Waals surface area (Å²) in [6.07, 6.45) is 0. The van der Waals surface area contributed by atoms with Gasteiger partial charge in [-0.05, 0) is 116 Å². The van der Waals surface area contributed by atoms with Gasteiger partial charge in [-0.3, -0.25) is 9.13 Å². The molecule has 0 amide bonds. The average Bonchev–Trinajstić information content (AvgIpc) is 1.07. The van der Waals surface area contributed by atoms with Gasteiger partial charge in [0.2, 0.25) is 0 Å². The number of rotatable bonds is 12. The molecule has 98 heavy (non-hydrogen) atoms. The average molecular weight is 1250 g/mol. The van der Waals surface area contributed by atoms with Crippen LogP contribution >= 0.6 is 0 Å². The van der Waals surface area contributed by atoms with Gasteiger partial charge >= 0.3 is 0 Å². The summed E-state index contributed by atoms with van der Waals surface area (Å²) in [6.45, 7) is 0. The van der Waals surface area contributed by atoms with Crippen LogP contribution in [0.15, 0.2) is 328 Å². The smallest absolute Gasteiger partial charge is 0.164 e. The van der Waals surface area contributed by atoms with Crippen LogP contribution in [0.3, 0.4) is 0 Å². The molecule has 17 aromatic rings. The second-order valence-corrected chi connectivity index (χ2v) is 25.0. The first-order valence-electron chi connectivity index (χ1n) is 33.0. The number of fused-ring (bicyclic) bond motifs is 2. The molecule has 10 nitrogen and oxygen atoms in total. The molecule has 0 saturated heterocycles. The fraction of sp³-hybridized carbons (Fsp3) is 0.0227. The molecular formula is C88H56N10. The van der Waals surface area contributed by atoms with Gasteiger partial charge in [0, 0.05) is 67.7 Å². The summed E-state index contributed by atoms with van der Waals surface area (Å²) >= 11 is 0. The molecule has 10 heteroatoms. The van der Waals surface area contributed by atoms with Gasteiger partial charge in [-0.2, -0.15) is 0 Å². The summed E-state index contributed by atoms with van der Waals surface area (Å²) in [6, 6.07) is 115. The molecule has 13 aromatic carbocycles. The van der Waals surface area contributed by atoms with Crippen molar-refractivity contribution in [2.24, 2.45) is 0 Å². The minimum Gasteiger partial charge on any atom is -0.292 e. The highest BCUT2D eigenvalue weighted by Gasteiger charge is 2.41. The minimum absolute atomic E-state index is 0.0726. The molecule has 0 aliphatic heterocycles. The second-order valence-electron chi connectivity index (χ2n) is 25.0. The van der Waals surface area contributed by atoms with Crippen LogP contribution in [0.1, 0.15) is 45.2 Å². The zero-order valence-corrected chi connectivity index (χ0v) is 52.8. The van der Waals surface area contributed by atoms with Crippen LogP contribution in [0.4, 0.5) is 0 Å². The quantitative estimate of drug-likeness (QED) is 0.119. The number of benzene rings is 13. The third-order valence-electron chi connectivity index (χ3n) is 19.3. The van der Waals surface area contributed by atoms with Crippen molar-refractivity contribution in [3.05, 3.63) is 361 Å². The van der Waals surface area contributed by atoms with Crippen LogP contribution in [0.2, 0.25) is 0 Å². The van der Waals surface area contributed by atoms with Gasteiger partial charge in [0.05, 0.1) is 22.1 Å². The van der Waals surface area contributed by atoms with Gasteiger partial charge in [0.1, 0.15) is 11.6 Å². The molecule has 3 aliphatic rings. The van der Waals surface area contributed by atoms with E-state index in [4.69, 9.17) is 39.9 Å². The Kier molecular flexibility index (Phi) is 13.4. The summed E-state index contributed by atoms with van der Waals surface area (Å²) in [5.74, 6) is 5.25. The summed E-state index contributed by atoms with van der Waals surface area (Å²) in [4.78, 5) is 41.8. The van der Waals surface area contributed by atoms with E-state index >= 15 is 0 Å². The maximum atomic E-state index is 5.29. The molecule has 4 aromatic heterocycles. The van der Waals surface area contributed by atoms with Gasteiger partial charge in [0.15, 0.2) is 34.9 Å². The van der Waals surface area contributed by atoms with Gasteiger partial charge in [0.25, 0.3) is 0 Å². The van der Waals surface area contributed by atoms with E-state index in [-0.39, 0.29) is 11.8 Å². The molecule has 0 N–H and O–H groups in total. The number of aromatic nitrogens is 10. The van der Waals surface area contributed by atoms with Gasteiger partial charge in [-0.1, -0.05) is 267 Å². The third kappa shape index (κ3) is 9.64. The predicted molar refractivity (Wildman–Crippen MR) is 392 cm³/mol. The van der Waals surface area contributed by atoms with Crippen LogP contribution in [0.5, 0.6) is 0 Å². The monoisotopic (exact) mass is 1250 g/mol. The fourth-order valence-corrected chi connectivity index (χ4v) is 14.7. The first-order valence-corrected chi connectivity index (χ1v) is 33.0. The van der Waals surface area contributed by atoms with Crippen LogP contribution in [-0.2, 0) is 0 Å². The molecule has 2 bridgehead atoms. The molecule has 0 saturated carbocycles. The zero-order valence-electron chi connectivity index (χ0n) is 52.8. The van der Waals surface area contributed by atoms with E-state index in [0.717, 1.165) is 112 Å². The Morgan fingerprint density at radius 3 is 0.878 bits per heavy atom. The van der Waals surface area contributed by atoms with Crippen molar-refractivity contribution in [1.82, 2.24) is 49.0 Å². The van der Waals surface area contributed by atoms with Crippen LogP contribution in [0.25, 0.3) is 147 Å². The Bertz CT molecular complexity index is 5560. The lowest BCUT2D eigenvalue weighted by Crippen LogP contribution is -2.27. The Morgan fingerprint density at radius 1 is 0.194 bits per heavy atom. The summed E-state index contributed by atoms with van der Waals surface area (Å²) in [5.41, 5.74) is 25.7. The molecule has 0 radical (unpaired) electrons. The van der Waals surface area contributed by atoms with Gasteiger partial charge in [-0.15, -0.1) is 0 Å². The first-order chi connectivity index (χ1) is 48.6. The maximum absolute atomic E-state index is 5.29. The van der Waals surface area contributed by atoms with Crippen molar-refractivity contribution in [3.8, 4) is 125 Å². The van der Waals surface area contributed by atoms with E-state index in [1.165, 1.54) is 33.4 Å². The lowest BCUT2D eigenvalue weighted by molar-refractivity contribution is 0.755. The molecule has 0 spiro atoms. The van der Waals surface area contributed by atoms with Crippen LogP contribution < -0.4 is 0 Å². The highest BCUT2D eigenvalue weighted by Crippen LogP contribution is 2.57. The highest BCUT2D eigenvalue weighted by molar-refractivity contribution is 5.90. The van der Waals surface area contributed by atoms with E-state index in [2.05, 4.69) is 240 Å². The first kappa shape index (κ1) is 56.4. The second kappa shape index (κ2) is 23.4. The maximum Gasteiger partial charge on any atom is 0.164 e. The molecule has 2 unspecified atom stereocenters. The molecule has 3 aliphatic carbocycles. The Hall–Kier alpha value is -13.2. The minimum atomic E-state index is 0.0726. The molecule has 4 heterocycles. The van der Waals surface area contributed by atoms with Gasteiger partial charge in [-0.25, -0.2) is 39.9 Å². The summed E-state index contributed by atoms with van der Waals surface area (Å²) in [5, 5.41) is 0. The third-order valence-corrected chi connectivity index (χ3v) is 19.3. The predicted octanol–water partition coefficient (Wildman–Crippen LogP) is 20.4. The normalized spacial score (nSPS) is 13.5. The summed E-state index contributed by atoms with van der Waals surface area (Å²) in [7, 11) is 0. The fourth-order valence-electron chi connectivity index (χ4n) is 14.7. The number of para-hydroxylation sites is 6. The van der Waals surface area contributed by atoms with Gasteiger partial charge < -0.3 is 0 Å². The molecule has 0 fully saturated rings. The Labute approximate surface area is 565 Å². The van der Waals surface area contributed by atoms with Crippen LogP contribution in [-0.4, -0.2) is 49.0 Å². The van der Waals surface area contributed by atoms with Crippen molar-refractivity contribution in [3.63, 3.8) is 0 Å². The van der Waals surface area contributed by atoms with E-state index in [0.29, 0.717) is 34.9 Å². The van der Waals surface area contributed by atoms with Crippen molar-refractivity contribution in [1.29, 1.82) is 0 Å². The Morgan fingerprint density at radius 2 is 0.480 bits per heavy atom. The number of imidazole rings is 2. The lowest BCUT2D eigenvalue weighted by Gasteiger charge is -2.42. The Balaban J connectivity index is 0.644. The van der Waals surface area contributed by atoms with Crippen molar-refractivity contribution in [2.45, 2.75) is 11.8 Å². The zero-order chi connectivity index (χ0) is 64.6. The number of hydrogen-bond donors (Lipinski definition) is 0. The van der Waals surface area contributed by atoms with Crippen molar-refractivity contribution >= 4 is 22.1 Å². The SMILES string of the molecule is c1ccc(-c2nc(-c3ccc(-c4ccc5c(c4)C4c6ccccc6C5c5cc(-c6ccc(-c7nc(-c8ccccc8)nc(-c8ccccc8-c8nc9ccccc9n8-c8ccccc8)n7)cc6)ccc54)cc3)nc(-c3ccccc3-c3nc4ccccc4n3-c3ccccc3)n2)cc1. The van der Waals surface area contributed by atoms with Crippen LogP contribution in [0, 0.1) is 0 Å². The van der Waals surface area contributed by atoms with Crippen molar-refractivity contribution < 1.29 is 0 Å². The summed E-state index contributed by atoms with van der Waals surface area (Å²) < 4.78 is 4.44. The number of hydrogen-bond acceptors (Lipinski definition) is 8. The standard InChI is InChI=1S/C88H56N10/c1-5-23-57(24-6-1)81-91-83(95-85(93-81)69-33-15-17-35-71(69)87-89-75-37-19-21-39-77(75)97(87)63-27-9-3-10-28-63)59-45-41-55(42-46-59)61-49-51-67-73(53-61)79-65-31-13-14-32-66(65)80(67)74-54-62(50-52-68(74)79)56-43-47-60(48-44-56)84-92-82(58-25-7-2-8-26-58)94-86(96-84)70-34-16-18-36-72(70)88-90-76-38-20-22-40-78(76)98(88)64-29-11-4-12-30-64/h1-54,79-80H. The largest absolute Gasteiger partial charge is 0.292 e. The lowest BCUT2D eigenvalue weighted by atomic mass is 9.60. The molecular weight excluding hydrogens is 1200 g/mol. The molecule has 20 rings (SSSR count). The van der Waals surface area contributed by atoms with Crippen molar-refractivity contribution in [2.75, 3.05) is 0 Å². The van der Waals surface area contributed by atoms with E-state index in [1.54, 1.807) is 0 Å². The highest BCUT2D eigenvalue weighted by atomic mass is 15.1. The molecule has 458 valence electrons. The van der Waals surface area contributed by atoms with E-state index in [1.807, 2.05) is 97.1 Å². The topological polar surface area (TPSA) is 113 Å². The number of nitrogens with zero attached hydrogens (tertiary/aromatic N) is 10. The molecule has 2 atom stereocenters.